The van der Waals surface area contributed by atoms with Crippen molar-refractivity contribution in [2.75, 3.05) is 19.6 Å². The van der Waals surface area contributed by atoms with Crippen LogP contribution in [-0.2, 0) is 4.79 Å². The Hall–Kier alpha value is -0.570. The number of hydrogen-bond donors (Lipinski definition) is 1. The van der Waals surface area contributed by atoms with Gasteiger partial charge in [0.15, 0.2) is 0 Å². The Bertz CT molecular complexity index is 290. The summed E-state index contributed by atoms with van der Waals surface area (Å²) in [5.74, 6) is 0.342. The molecule has 1 rings (SSSR count). The molecule has 1 aliphatic heterocycles. The number of hydrogen-bond acceptors (Lipinski definition) is 2. The second-order valence-electron chi connectivity index (χ2n) is 6.52. The fraction of sp³-hybridized carbons (Fsp3) is 0.938. The number of rotatable bonds is 8. The van der Waals surface area contributed by atoms with Crippen molar-refractivity contribution in [1.29, 1.82) is 0 Å². The zero-order valence-corrected chi connectivity index (χ0v) is 13.1. The number of likely N-dealkylation sites (tertiary alicyclic amines) is 1. The van der Waals surface area contributed by atoms with E-state index in [1.165, 1.54) is 25.7 Å². The SMILES string of the molecule is CCCCC(CC)CN1CCC(C(=O)O)(C(C)C)C1. The first-order valence-electron chi connectivity index (χ1n) is 7.92. The molecule has 0 aromatic heterocycles. The number of aliphatic carboxylic acids is 1. The highest BCUT2D eigenvalue weighted by atomic mass is 16.4. The van der Waals surface area contributed by atoms with Crippen LogP contribution in [0.3, 0.4) is 0 Å². The minimum Gasteiger partial charge on any atom is -0.481 e. The zero-order chi connectivity index (χ0) is 14.5. The van der Waals surface area contributed by atoms with E-state index in [4.69, 9.17) is 0 Å². The van der Waals surface area contributed by atoms with Crippen molar-refractivity contribution < 1.29 is 9.90 Å². The van der Waals surface area contributed by atoms with Gasteiger partial charge in [-0.2, -0.15) is 0 Å². The van der Waals surface area contributed by atoms with Gasteiger partial charge in [0.05, 0.1) is 5.41 Å². The van der Waals surface area contributed by atoms with E-state index in [1.54, 1.807) is 0 Å². The van der Waals surface area contributed by atoms with Gasteiger partial charge in [0.1, 0.15) is 0 Å². The van der Waals surface area contributed by atoms with Crippen LogP contribution in [0.1, 0.15) is 59.8 Å². The van der Waals surface area contributed by atoms with Crippen molar-refractivity contribution in [3.63, 3.8) is 0 Å². The van der Waals surface area contributed by atoms with Crippen LogP contribution in [0.2, 0.25) is 0 Å². The van der Waals surface area contributed by atoms with Gasteiger partial charge >= 0.3 is 5.97 Å². The van der Waals surface area contributed by atoms with Crippen molar-refractivity contribution in [2.45, 2.75) is 59.8 Å². The molecule has 0 aromatic rings. The molecule has 0 aliphatic carbocycles. The van der Waals surface area contributed by atoms with Crippen LogP contribution < -0.4 is 0 Å². The molecule has 1 aliphatic rings. The van der Waals surface area contributed by atoms with E-state index in [0.29, 0.717) is 0 Å². The minimum absolute atomic E-state index is 0.214. The average Bonchev–Trinajstić information content (AvgIpc) is 2.79. The van der Waals surface area contributed by atoms with Crippen LogP contribution >= 0.6 is 0 Å². The minimum atomic E-state index is -0.605. The maximum atomic E-state index is 11.6. The highest BCUT2D eigenvalue weighted by Crippen LogP contribution is 2.38. The predicted octanol–water partition coefficient (Wildman–Crippen LogP) is 3.64. The van der Waals surface area contributed by atoms with Gasteiger partial charge < -0.3 is 10.0 Å². The van der Waals surface area contributed by atoms with Crippen LogP contribution in [0.15, 0.2) is 0 Å². The lowest BCUT2D eigenvalue weighted by molar-refractivity contribution is -0.151. The Balaban J connectivity index is 2.57. The van der Waals surface area contributed by atoms with Crippen molar-refractivity contribution in [1.82, 2.24) is 4.90 Å². The fourth-order valence-corrected chi connectivity index (χ4v) is 3.25. The van der Waals surface area contributed by atoms with Crippen molar-refractivity contribution in [3.8, 4) is 0 Å². The molecular formula is C16H31NO2. The molecule has 0 radical (unpaired) electrons. The third kappa shape index (κ3) is 3.95. The van der Waals surface area contributed by atoms with Crippen LogP contribution in [0.5, 0.6) is 0 Å². The summed E-state index contributed by atoms with van der Waals surface area (Å²) in [6, 6.07) is 0. The number of carboxylic acid groups (broad SMARTS) is 1. The molecule has 0 saturated carbocycles. The molecule has 19 heavy (non-hydrogen) atoms. The second-order valence-corrected chi connectivity index (χ2v) is 6.52. The molecule has 3 heteroatoms. The van der Waals surface area contributed by atoms with E-state index in [1.807, 2.05) is 13.8 Å². The summed E-state index contributed by atoms with van der Waals surface area (Å²) in [5.41, 5.74) is -0.511. The lowest BCUT2D eigenvalue weighted by Gasteiger charge is -2.30. The van der Waals surface area contributed by atoms with E-state index < -0.39 is 11.4 Å². The molecule has 1 heterocycles. The van der Waals surface area contributed by atoms with Gasteiger partial charge in [0.25, 0.3) is 0 Å². The first-order chi connectivity index (χ1) is 8.96. The van der Waals surface area contributed by atoms with Gasteiger partial charge in [0.2, 0.25) is 0 Å². The molecule has 0 bridgehead atoms. The van der Waals surface area contributed by atoms with E-state index in [2.05, 4.69) is 18.7 Å². The number of nitrogens with zero attached hydrogens (tertiary/aromatic N) is 1. The smallest absolute Gasteiger partial charge is 0.311 e. The average molecular weight is 269 g/mol. The van der Waals surface area contributed by atoms with Crippen LogP contribution in [-0.4, -0.2) is 35.6 Å². The zero-order valence-electron chi connectivity index (χ0n) is 13.1. The highest BCUT2D eigenvalue weighted by molar-refractivity contribution is 5.75. The molecular weight excluding hydrogens is 238 g/mol. The van der Waals surface area contributed by atoms with E-state index >= 15 is 0 Å². The molecule has 2 unspecified atom stereocenters. The fourth-order valence-electron chi connectivity index (χ4n) is 3.25. The summed E-state index contributed by atoms with van der Waals surface area (Å²) < 4.78 is 0. The normalized spacial score (nSPS) is 25.9. The summed E-state index contributed by atoms with van der Waals surface area (Å²) in [6.45, 7) is 11.4. The quantitative estimate of drug-likeness (QED) is 0.731. The van der Waals surface area contributed by atoms with E-state index in [-0.39, 0.29) is 5.92 Å². The van der Waals surface area contributed by atoms with Gasteiger partial charge in [-0.25, -0.2) is 0 Å². The lowest BCUT2D eigenvalue weighted by atomic mass is 9.76. The maximum Gasteiger partial charge on any atom is 0.311 e. The maximum absolute atomic E-state index is 11.6. The molecule has 1 fully saturated rings. The van der Waals surface area contributed by atoms with Gasteiger partial charge in [-0.15, -0.1) is 0 Å². The van der Waals surface area contributed by atoms with Crippen LogP contribution in [0.25, 0.3) is 0 Å². The molecule has 2 atom stereocenters. The third-order valence-electron chi connectivity index (χ3n) is 4.97. The summed E-state index contributed by atoms with van der Waals surface area (Å²) in [4.78, 5) is 14.0. The number of unbranched alkanes of at least 4 members (excludes halogenated alkanes) is 1. The molecule has 0 amide bonds. The molecule has 0 spiro atoms. The largest absolute Gasteiger partial charge is 0.481 e. The number of carbonyl (C=O) groups is 1. The summed E-state index contributed by atoms with van der Waals surface area (Å²) in [5, 5.41) is 9.56. The van der Waals surface area contributed by atoms with Crippen molar-refractivity contribution in [3.05, 3.63) is 0 Å². The Morgan fingerprint density at radius 1 is 1.37 bits per heavy atom. The Morgan fingerprint density at radius 3 is 2.47 bits per heavy atom. The van der Waals surface area contributed by atoms with Crippen LogP contribution in [0.4, 0.5) is 0 Å². The van der Waals surface area contributed by atoms with Crippen molar-refractivity contribution in [2.24, 2.45) is 17.3 Å². The van der Waals surface area contributed by atoms with Gasteiger partial charge in [0, 0.05) is 13.1 Å². The second kappa shape index (κ2) is 7.28. The van der Waals surface area contributed by atoms with E-state index in [0.717, 1.165) is 32.0 Å². The molecule has 1 N–H and O–H groups in total. The monoisotopic (exact) mass is 269 g/mol. The van der Waals surface area contributed by atoms with Gasteiger partial charge in [-0.05, 0) is 31.2 Å². The molecule has 3 nitrogen and oxygen atoms in total. The molecule has 0 aromatic carbocycles. The van der Waals surface area contributed by atoms with Crippen molar-refractivity contribution >= 4 is 5.97 Å². The number of carboxylic acids is 1. The Labute approximate surface area is 118 Å². The lowest BCUT2D eigenvalue weighted by Crippen LogP contribution is -2.40. The molecule has 112 valence electrons. The first kappa shape index (κ1) is 16.5. The van der Waals surface area contributed by atoms with Gasteiger partial charge in [-0.1, -0.05) is 47.0 Å². The standard InChI is InChI=1S/C16H31NO2/c1-5-7-8-14(6-2)11-17-10-9-16(12-17,13(3)4)15(18)19/h13-14H,5-12H2,1-4H3,(H,18,19). The molecule has 1 saturated heterocycles. The predicted molar refractivity (Wildman–Crippen MR) is 79.3 cm³/mol. The summed E-state index contributed by atoms with van der Waals surface area (Å²) in [6.07, 6.45) is 5.84. The van der Waals surface area contributed by atoms with Crippen LogP contribution in [0, 0.1) is 17.3 Å². The highest BCUT2D eigenvalue weighted by Gasteiger charge is 2.47. The summed E-state index contributed by atoms with van der Waals surface area (Å²) in [7, 11) is 0. The Kier molecular flexibility index (Phi) is 6.31. The van der Waals surface area contributed by atoms with Gasteiger partial charge in [-0.3, -0.25) is 4.79 Å². The third-order valence-corrected chi connectivity index (χ3v) is 4.97. The first-order valence-corrected chi connectivity index (χ1v) is 7.92. The van der Waals surface area contributed by atoms with E-state index in [9.17, 15) is 9.90 Å². The summed E-state index contributed by atoms with van der Waals surface area (Å²) >= 11 is 0. The topological polar surface area (TPSA) is 40.5 Å². The Morgan fingerprint density at radius 2 is 2.05 bits per heavy atom.